The molecule has 3 aromatic rings. The Morgan fingerprint density at radius 1 is 0.839 bits per heavy atom. The summed E-state index contributed by atoms with van der Waals surface area (Å²) in [5.74, 6) is 0. The summed E-state index contributed by atoms with van der Waals surface area (Å²) in [6, 6.07) is 31.6. The lowest BCUT2D eigenvalue weighted by Crippen LogP contribution is -2.31. The van der Waals surface area contributed by atoms with Crippen molar-refractivity contribution >= 4 is 6.08 Å². The molecule has 3 rings (SSSR count). The predicted molar refractivity (Wildman–Crippen MR) is 131 cm³/mol. The number of benzene rings is 3. The maximum Gasteiger partial charge on any atom is 0.104 e. The minimum absolute atomic E-state index is 0.0236. The molecule has 0 saturated heterocycles. The topological polar surface area (TPSA) is 12.5 Å². The number of rotatable bonds is 12. The molecule has 31 heavy (non-hydrogen) atoms. The average molecular weight is 412 g/mol. The third kappa shape index (κ3) is 7.06. The molecule has 0 bridgehead atoms. The summed E-state index contributed by atoms with van der Waals surface area (Å²) < 4.78 is 0. The van der Waals surface area contributed by atoms with Crippen LogP contribution in [0.4, 0.5) is 0 Å². The Bertz CT molecular complexity index is 905. The van der Waals surface area contributed by atoms with E-state index in [0.29, 0.717) is 6.54 Å². The molecule has 0 radical (unpaired) electrons. The van der Waals surface area contributed by atoms with Crippen molar-refractivity contribution in [3.8, 4) is 0 Å². The van der Waals surface area contributed by atoms with Crippen molar-refractivity contribution < 1.29 is 4.84 Å². The summed E-state index contributed by atoms with van der Waals surface area (Å²) >= 11 is 0. The van der Waals surface area contributed by atoms with Crippen LogP contribution in [0.1, 0.15) is 55.0 Å². The van der Waals surface area contributed by atoms with Gasteiger partial charge in [-0.25, -0.2) is 0 Å². The van der Waals surface area contributed by atoms with E-state index in [1.807, 2.05) is 12.1 Å². The second-order valence-electron chi connectivity index (χ2n) is 7.66. The maximum atomic E-state index is 6.66. The molecule has 2 nitrogen and oxygen atoms in total. The van der Waals surface area contributed by atoms with Crippen molar-refractivity contribution in [3.05, 3.63) is 126 Å². The van der Waals surface area contributed by atoms with E-state index < -0.39 is 0 Å². The van der Waals surface area contributed by atoms with Crippen molar-refractivity contribution in [3.63, 3.8) is 0 Å². The number of hydrogen-bond donors (Lipinski definition) is 0. The van der Waals surface area contributed by atoms with Crippen LogP contribution < -0.4 is 0 Å². The molecule has 0 heterocycles. The number of hydroxylamine groups is 2. The molecule has 0 amide bonds. The van der Waals surface area contributed by atoms with Gasteiger partial charge in [0.25, 0.3) is 0 Å². The minimum Gasteiger partial charge on any atom is -0.290 e. The number of nitrogens with zero attached hydrogens (tertiary/aromatic N) is 1. The second kappa shape index (κ2) is 12.7. The fourth-order valence-electron chi connectivity index (χ4n) is 3.74. The molecule has 0 aromatic heterocycles. The highest BCUT2D eigenvalue weighted by Gasteiger charge is 2.23. The van der Waals surface area contributed by atoms with Gasteiger partial charge in [0.2, 0.25) is 0 Å². The zero-order chi connectivity index (χ0) is 21.7. The van der Waals surface area contributed by atoms with E-state index in [9.17, 15) is 0 Å². The first-order chi connectivity index (χ1) is 15.3. The van der Waals surface area contributed by atoms with Crippen LogP contribution in [0.3, 0.4) is 0 Å². The van der Waals surface area contributed by atoms with Gasteiger partial charge in [-0.3, -0.25) is 4.84 Å². The van der Waals surface area contributed by atoms with Crippen LogP contribution in [0.5, 0.6) is 0 Å². The summed E-state index contributed by atoms with van der Waals surface area (Å²) in [6.45, 7) is 6.85. The van der Waals surface area contributed by atoms with Gasteiger partial charge in [-0.1, -0.05) is 123 Å². The first-order valence-corrected chi connectivity index (χ1v) is 11.2. The fraction of sp³-hybridized carbons (Fsp3) is 0.241. The van der Waals surface area contributed by atoms with Gasteiger partial charge in [0, 0.05) is 6.54 Å². The summed E-state index contributed by atoms with van der Waals surface area (Å²) in [6.07, 6.45) is 9.25. The standard InChI is InChI=1S/C29H33NO/c1-3-15-29(27-21-12-7-13-22-27)31-30(24-4-2)28(26-19-10-6-11-20-26)23-14-18-25-16-8-5-9-17-25/h4-14,16-22,28-29H,2-3,15,23-24H2,1H3/b18-14-. The van der Waals surface area contributed by atoms with Crippen LogP contribution in [0.25, 0.3) is 6.08 Å². The predicted octanol–water partition coefficient (Wildman–Crippen LogP) is 7.79. The van der Waals surface area contributed by atoms with E-state index in [1.165, 1.54) is 16.7 Å². The summed E-state index contributed by atoms with van der Waals surface area (Å²) in [7, 11) is 0. The van der Waals surface area contributed by atoms with Crippen LogP contribution >= 0.6 is 0 Å². The molecule has 0 fully saturated rings. The molecular weight excluding hydrogens is 378 g/mol. The van der Waals surface area contributed by atoms with Crippen LogP contribution in [0.2, 0.25) is 0 Å². The largest absolute Gasteiger partial charge is 0.290 e. The van der Waals surface area contributed by atoms with Crippen molar-refractivity contribution in [1.29, 1.82) is 0 Å². The van der Waals surface area contributed by atoms with Crippen LogP contribution in [0, 0.1) is 0 Å². The van der Waals surface area contributed by atoms with E-state index in [-0.39, 0.29) is 12.1 Å². The Morgan fingerprint density at radius 2 is 1.42 bits per heavy atom. The van der Waals surface area contributed by atoms with Crippen LogP contribution in [-0.4, -0.2) is 11.6 Å². The molecule has 2 unspecified atom stereocenters. The van der Waals surface area contributed by atoms with Crippen molar-refractivity contribution in [1.82, 2.24) is 5.06 Å². The fourth-order valence-corrected chi connectivity index (χ4v) is 3.74. The first-order valence-electron chi connectivity index (χ1n) is 11.2. The molecule has 3 aromatic carbocycles. The molecule has 0 spiro atoms. The van der Waals surface area contributed by atoms with Gasteiger partial charge in [-0.2, -0.15) is 5.06 Å². The maximum absolute atomic E-state index is 6.66. The highest BCUT2D eigenvalue weighted by molar-refractivity contribution is 5.48. The van der Waals surface area contributed by atoms with Crippen molar-refractivity contribution in [2.45, 2.75) is 38.3 Å². The van der Waals surface area contributed by atoms with E-state index in [4.69, 9.17) is 4.84 Å². The highest BCUT2D eigenvalue weighted by atomic mass is 16.7. The van der Waals surface area contributed by atoms with Gasteiger partial charge in [0.15, 0.2) is 0 Å². The van der Waals surface area contributed by atoms with Crippen LogP contribution in [-0.2, 0) is 4.84 Å². The Morgan fingerprint density at radius 3 is 2.00 bits per heavy atom. The molecule has 0 aliphatic carbocycles. The SMILES string of the molecule is C=CCN(OC(CCC)c1ccccc1)C(C/C=C\c1ccccc1)c1ccccc1. The van der Waals surface area contributed by atoms with Crippen LogP contribution in [0.15, 0.2) is 110 Å². The Kier molecular flexibility index (Phi) is 9.31. The third-order valence-electron chi connectivity index (χ3n) is 5.30. The lowest BCUT2D eigenvalue weighted by molar-refractivity contribution is -0.221. The van der Waals surface area contributed by atoms with Crippen molar-refractivity contribution in [2.24, 2.45) is 0 Å². The monoisotopic (exact) mass is 411 g/mol. The molecule has 0 aliphatic heterocycles. The molecule has 0 saturated carbocycles. The summed E-state index contributed by atoms with van der Waals surface area (Å²) in [5.41, 5.74) is 3.66. The van der Waals surface area contributed by atoms with E-state index in [2.05, 4.69) is 116 Å². The van der Waals surface area contributed by atoms with E-state index in [0.717, 1.165) is 19.3 Å². The van der Waals surface area contributed by atoms with Gasteiger partial charge in [0.1, 0.15) is 6.10 Å². The molecule has 2 heteroatoms. The first kappa shape index (κ1) is 22.7. The molecule has 0 N–H and O–H groups in total. The third-order valence-corrected chi connectivity index (χ3v) is 5.30. The Labute approximate surface area is 187 Å². The molecular formula is C29H33NO. The quantitative estimate of drug-likeness (QED) is 0.223. The normalized spacial score (nSPS) is 13.4. The average Bonchev–Trinajstić information content (AvgIpc) is 2.83. The molecule has 2 atom stereocenters. The minimum atomic E-state index is 0.0236. The van der Waals surface area contributed by atoms with E-state index >= 15 is 0 Å². The second-order valence-corrected chi connectivity index (χ2v) is 7.66. The molecule has 0 aliphatic rings. The lowest BCUT2D eigenvalue weighted by Gasteiger charge is -2.33. The summed E-state index contributed by atoms with van der Waals surface area (Å²) in [4.78, 5) is 6.66. The zero-order valence-corrected chi connectivity index (χ0v) is 18.4. The lowest BCUT2D eigenvalue weighted by atomic mass is 10.0. The van der Waals surface area contributed by atoms with Gasteiger partial charge >= 0.3 is 0 Å². The smallest absolute Gasteiger partial charge is 0.104 e. The molecule has 160 valence electrons. The van der Waals surface area contributed by atoms with Crippen molar-refractivity contribution in [2.75, 3.05) is 6.54 Å². The van der Waals surface area contributed by atoms with E-state index in [1.54, 1.807) is 0 Å². The Balaban J connectivity index is 1.85. The highest BCUT2D eigenvalue weighted by Crippen LogP contribution is 2.31. The number of hydrogen-bond acceptors (Lipinski definition) is 2. The van der Waals surface area contributed by atoms with Gasteiger partial charge < -0.3 is 0 Å². The summed E-state index contributed by atoms with van der Waals surface area (Å²) in [5, 5.41) is 2.10. The van der Waals surface area contributed by atoms with Gasteiger partial charge in [-0.05, 0) is 29.5 Å². The van der Waals surface area contributed by atoms with Gasteiger partial charge in [-0.15, -0.1) is 6.58 Å². The Hall–Kier alpha value is -2.94. The zero-order valence-electron chi connectivity index (χ0n) is 18.4. The van der Waals surface area contributed by atoms with Gasteiger partial charge in [0.05, 0.1) is 6.04 Å².